The van der Waals surface area contributed by atoms with Crippen LogP contribution in [0, 0.1) is 10.1 Å². The number of nitrogens with zero attached hydrogens (tertiary/aromatic N) is 2. The lowest BCUT2D eigenvalue weighted by molar-refractivity contribution is -0.404. The van der Waals surface area contributed by atoms with Crippen LogP contribution in [0.15, 0.2) is 28.6 Å². The molecule has 0 radical (unpaired) electrons. The summed E-state index contributed by atoms with van der Waals surface area (Å²) in [5, 5.41) is 24.9. The van der Waals surface area contributed by atoms with E-state index in [2.05, 4.69) is 10.6 Å². The molecule has 1 aromatic rings. The summed E-state index contributed by atoms with van der Waals surface area (Å²) < 4.78 is 5.70. The molecule has 0 fully saturated rings. The van der Waals surface area contributed by atoms with E-state index in [0.717, 1.165) is 35.8 Å². The molecule has 0 saturated carbocycles. The molecule has 0 atom stereocenters. The first-order chi connectivity index (χ1) is 11.0. The van der Waals surface area contributed by atoms with Crippen LogP contribution in [0.3, 0.4) is 0 Å². The summed E-state index contributed by atoms with van der Waals surface area (Å²) in [6, 6.07) is 3.95. The van der Waals surface area contributed by atoms with Crippen LogP contribution in [0.4, 0.5) is 0 Å². The quantitative estimate of drug-likeness (QED) is 0.291. The first-order valence-corrected chi connectivity index (χ1v) is 8.40. The number of rotatable bonds is 12. The van der Waals surface area contributed by atoms with Gasteiger partial charge in [0, 0.05) is 18.8 Å². The van der Waals surface area contributed by atoms with Gasteiger partial charge in [0.15, 0.2) is 5.82 Å². The van der Waals surface area contributed by atoms with Crippen LogP contribution in [0.25, 0.3) is 0 Å². The maximum Gasteiger partial charge on any atom is 0.274 e. The van der Waals surface area contributed by atoms with Crippen molar-refractivity contribution in [2.24, 2.45) is 0 Å². The Morgan fingerprint density at radius 3 is 2.74 bits per heavy atom. The maximum atomic E-state index is 10.5. The van der Waals surface area contributed by atoms with Gasteiger partial charge >= 0.3 is 0 Å². The average Bonchev–Trinajstić information content (AvgIpc) is 2.90. The molecule has 1 aromatic heterocycles. The Morgan fingerprint density at radius 1 is 1.39 bits per heavy atom. The molecular formula is C14H24N4O4S. The highest BCUT2D eigenvalue weighted by atomic mass is 32.2. The van der Waals surface area contributed by atoms with Gasteiger partial charge in [0.1, 0.15) is 11.5 Å². The summed E-state index contributed by atoms with van der Waals surface area (Å²) >= 11 is 1.68. The molecule has 8 nitrogen and oxygen atoms in total. The smallest absolute Gasteiger partial charge is 0.274 e. The van der Waals surface area contributed by atoms with Crippen LogP contribution < -0.4 is 10.6 Å². The van der Waals surface area contributed by atoms with Crippen LogP contribution in [0.5, 0.6) is 0 Å². The van der Waals surface area contributed by atoms with Crippen molar-refractivity contribution in [2.45, 2.75) is 12.3 Å². The minimum absolute atomic E-state index is 0.0841. The van der Waals surface area contributed by atoms with Crippen molar-refractivity contribution >= 4 is 11.8 Å². The molecule has 0 saturated heterocycles. The van der Waals surface area contributed by atoms with Crippen molar-refractivity contribution in [1.82, 2.24) is 15.5 Å². The second kappa shape index (κ2) is 10.9. The van der Waals surface area contributed by atoms with E-state index in [1.807, 2.05) is 31.1 Å². The van der Waals surface area contributed by atoms with Gasteiger partial charge in [-0.1, -0.05) is 0 Å². The number of thioether (sulfide) groups is 1. The minimum atomic E-state index is -0.533. The molecule has 0 bridgehead atoms. The summed E-state index contributed by atoms with van der Waals surface area (Å²) in [6.45, 7) is 1.53. The first kappa shape index (κ1) is 19.3. The van der Waals surface area contributed by atoms with Gasteiger partial charge in [0.2, 0.25) is 0 Å². The van der Waals surface area contributed by atoms with E-state index in [1.54, 1.807) is 11.8 Å². The molecule has 9 heteroatoms. The summed E-state index contributed by atoms with van der Waals surface area (Å²) in [6.07, 6.45) is 0.861. The Morgan fingerprint density at radius 2 is 2.09 bits per heavy atom. The largest absolute Gasteiger partial charge is 0.464 e. The molecule has 1 rings (SSSR count). The standard InChI is InChI=1S/C14H24N4O4S/c1-17(2)9-12-3-4-13(22-12)11-23-8-6-16-14(10-18(20)21)15-5-7-19/h3-4,10,15-16,19H,5-9,11H2,1-2H3/b14-10+. The third-order valence-electron chi connectivity index (χ3n) is 2.66. The minimum Gasteiger partial charge on any atom is -0.464 e. The zero-order valence-electron chi connectivity index (χ0n) is 13.4. The van der Waals surface area contributed by atoms with E-state index >= 15 is 0 Å². The molecule has 130 valence electrons. The fraction of sp³-hybridized carbons (Fsp3) is 0.571. The van der Waals surface area contributed by atoms with E-state index in [0.29, 0.717) is 12.4 Å². The van der Waals surface area contributed by atoms with Crippen molar-refractivity contribution in [1.29, 1.82) is 0 Å². The fourth-order valence-corrected chi connectivity index (χ4v) is 2.52. The van der Waals surface area contributed by atoms with Crippen molar-refractivity contribution in [3.8, 4) is 0 Å². The van der Waals surface area contributed by atoms with Crippen LogP contribution >= 0.6 is 11.8 Å². The second-order valence-corrected chi connectivity index (χ2v) is 6.17. The Balaban J connectivity index is 2.25. The Hall–Kier alpha value is -1.71. The van der Waals surface area contributed by atoms with Crippen molar-refractivity contribution in [3.63, 3.8) is 0 Å². The van der Waals surface area contributed by atoms with Crippen LogP contribution in [0.1, 0.15) is 11.5 Å². The Kier molecular flexibility index (Phi) is 9.18. The lowest BCUT2D eigenvalue weighted by atomic mass is 10.4. The summed E-state index contributed by atoms with van der Waals surface area (Å²) in [5.74, 6) is 3.70. The predicted molar refractivity (Wildman–Crippen MR) is 90.4 cm³/mol. The van der Waals surface area contributed by atoms with E-state index in [-0.39, 0.29) is 13.2 Å². The number of nitrogens with one attached hydrogen (secondary N) is 2. The number of hydrogen-bond acceptors (Lipinski definition) is 8. The maximum absolute atomic E-state index is 10.5. The molecule has 0 aromatic carbocycles. The van der Waals surface area contributed by atoms with Gasteiger partial charge in [-0.25, -0.2) is 0 Å². The third kappa shape index (κ3) is 9.11. The zero-order chi connectivity index (χ0) is 17.1. The SMILES string of the molecule is CN(C)Cc1ccc(CSCCN/C(=C/[N+](=O)[O-])NCCO)o1. The third-order valence-corrected chi connectivity index (χ3v) is 3.64. The molecule has 1 heterocycles. The summed E-state index contributed by atoms with van der Waals surface area (Å²) in [5.41, 5.74) is 0. The first-order valence-electron chi connectivity index (χ1n) is 7.25. The average molecular weight is 344 g/mol. The van der Waals surface area contributed by atoms with Gasteiger partial charge in [-0.05, 0) is 26.2 Å². The number of aliphatic hydroxyl groups is 1. The molecule has 0 unspecified atom stereocenters. The highest BCUT2D eigenvalue weighted by Crippen LogP contribution is 2.15. The van der Waals surface area contributed by atoms with E-state index in [1.165, 1.54) is 0 Å². The molecule has 3 N–H and O–H groups in total. The van der Waals surface area contributed by atoms with Crippen molar-refractivity contribution in [2.75, 3.05) is 39.5 Å². The van der Waals surface area contributed by atoms with Crippen molar-refractivity contribution < 1.29 is 14.4 Å². The molecule has 23 heavy (non-hydrogen) atoms. The normalized spacial score (nSPS) is 11.7. The monoisotopic (exact) mass is 344 g/mol. The number of hydrogen-bond donors (Lipinski definition) is 3. The lowest BCUT2D eigenvalue weighted by Gasteiger charge is -2.09. The van der Waals surface area contributed by atoms with Gasteiger partial charge in [-0.3, -0.25) is 10.1 Å². The second-order valence-electron chi connectivity index (χ2n) is 5.06. The molecule has 0 aliphatic rings. The lowest BCUT2D eigenvalue weighted by Crippen LogP contribution is -2.30. The van der Waals surface area contributed by atoms with Gasteiger partial charge in [0.05, 0.1) is 23.8 Å². The predicted octanol–water partition coefficient (Wildman–Crippen LogP) is 0.821. The molecule has 0 aliphatic heterocycles. The zero-order valence-corrected chi connectivity index (χ0v) is 14.3. The van der Waals surface area contributed by atoms with E-state index < -0.39 is 4.92 Å². The molecule has 0 amide bonds. The topological polar surface area (TPSA) is 104 Å². The van der Waals surface area contributed by atoms with Gasteiger partial charge in [-0.15, -0.1) is 0 Å². The van der Waals surface area contributed by atoms with Crippen molar-refractivity contribution in [3.05, 3.63) is 45.8 Å². The Bertz CT molecular complexity index is 505. The van der Waals surface area contributed by atoms with Crippen LogP contribution in [0.2, 0.25) is 0 Å². The molecule has 0 spiro atoms. The molecule has 0 aliphatic carbocycles. The number of furan rings is 1. The highest BCUT2D eigenvalue weighted by Gasteiger charge is 2.04. The number of aliphatic hydroxyl groups excluding tert-OH is 1. The summed E-state index contributed by atoms with van der Waals surface area (Å²) in [4.78, 5) is 12.0. The highest BCUT2D eigenvalue weighted by molar-refractivity contribution is 7.98. The van der Waals surface area contributed by atoms with E-state index in [4.69, 9.17) is 9.52 Å². The summed E-state index contributed by atoms with van der Waals surface area (Å²) in [7, 11) is 3.98. The number of nitro groups is 1. The van der Waals surface area contributed by atoms with Gasteiger partial charge < -0.3 is 25.1 Å². The Labute approximate surface area is 140 Å². The molecular weight excluding hydrogens is 320 g/mol. The van der Waals surface area contributed by atoms with Gasteiger partial charge in [-0.2, -0.15) is 11.8 Å². The van der Waals surface area contributed by atoms with Crippen LogP contribution in [-0.4, -0.2) is 54.5 Å². The fourth-order valence-electron chi connectivity index (χ4n) is 1.78. The van der Waals surface area contributed by atoms with E-state index in [9.17, 15) is 10.1 Å². The van der Waals surface area contributed by atoms with Gasteiger partial charge in [0.25, 0.3) is 6.20 Å². The van der Waals surface area contributed by atoms with Crippen LogP contribution in [-0.2, 0) is 12.3 Å².